The lowest BCUT2D eigenvalue weighted by Crippen LogP contribution is -2.85. The van der Waals surface area contributed by atoms with Gasteiger partial charge in [-0.3, -0.25) is 0 Å². The van der Waals surface area contributed by atoms with E-state index < -0.39 is 0 Å². The van der Waals surface area contributed by atoms with Crippen LogP contribution in [0, 0.1) is 0 Å². The van der Waals surface area contributed by atoms with Crippen LogP contribution in [0.2, 0.25) is 0 Å². The summed E-state index contributed by atoms with van der Waals surface area (Å²) in [5, 5.41) is 3.65. The largest absolute Gasteiger partial charge is 0.493 e. The molecule has 0 fully saturated rings. The number of para-hydroxylation sites is 2. The van der Waals surface area contributed by atoms with Crippen molar-refractivity contribution >= 4 is 10.9 Å². The molecule has 0 saturated heterocycles. The van der Waals surface area contributed by atoms with Gasteiger partial charge in [0, 0.05) is 28.2 Å². The molecule has 154 valence electrons. The number of quaternary nitrogens is 1. The molecule has 4 aromatic rings. The fourth-order valence-electron chi connectivity index (χ4n) is 4.22. The van der Waals surface area contributed by atoms with Gasteiger partial charge in [-0.1, -0.05) is 60.7 Å². The van der Waals surface area contributed by atoms with Crippen molar-refractivity contribution in [2.45, 2.75) is 18.9 Å². The number of benzene rings is 3. The van der Waals surface area contributed by atoms with E-state index in [-0.39, 0.29) is 5.92 Å². The summed E-state index contributed by atoms with van der Waals surface area (Å²) in [4.78, 5) is 3.44. The van der Waals surface area contributed by atoms with Crippen LogP contribution in [0.3, 0.4) is 0 Å². The monoisotopic (exact) mass is 401 g/mol. The third-order valence-corrected chi connectivity index (χ3v) is 5.86. The number of nitrogens with one attached hydrogen (secondary N) is 1. The van der Waals surface area contributed by atoms with Gasteiger partial charge < -0.3 is 19.8 Å². The molecular formula is C26H29N2O2+. The minimum atomic E-state index is 0.150. The summed E-state index contributed by atoms with van der Waals surface area (Å²) in [6.07, 6.45) is 2.13. The van der Waals surface area contributed by atoms with Gasteiger partial charge in [0.15, 0.2) is 11.5 Å². The van der Waals surface area contributed by atoms with Crippen LogP contribution < -0.4 is 14.8 Å². The first-order valence-corrected chi connectivity index (χ1v) is 10.4. The van der Waals surface area contributed by atoms with Gasteiger partial charge in [0.2, 0.25) is 0 Å². The van der Waals surface area contributed by atoms with E-state index in [4.69, 9.17) is 9.47 Å². The number of H-pyrrole nitrogens is 1. The third-order valence-electron chi connectivity index (χ3n) is 5.86. The lowest BCUT2D eigenvalue weighted by Gasteiger charge is -2.22. The molecule has 0 radical (unpaired) electrons. The molecule has 4 nitrogen and oxygen atoms in total. The smallest absolute Gasteiger partial charge is 0.164 e. The van der Waals surface area contributed by atoms with Crippen LogP contribution in [-0.2, 0) is 0 Å². The maximum Gasteiger partial charge on any atom is 0.164 e. The summed E-state index contributed by atoms with van der Waals surface area (Å²) in [6, 6.07) is 25.6. The van der Waals surface area contributed by atoms with E-state index in [1.54, 1.807) is 14.2 Å². The quantitative estimate of drug-likeness (QED) is 0.452. The van der Waals surface area contributed by atoms with Crippen LogP contribution in [0.15, 0.2) is 79.0 Å². The van der Waals surface area contributed by atoms with Gasteiger partial charge in [0.25, 0.3) is 0 Å². The third kappa shape index (κ3) is 3.91. The standard InChI is InChI=1S/C26H28N2O2/c1-18(19-10-5-4-6-11-19)27-16-23(21-13-9-15-25(29-2)26(21)30-3)22-17-28-24-14-8-7-12-20(22)24/h4-15,17-18,23,27-28H,16H2,1-3H3/p+1/t18-,23+/m1/s1. The van der Waals surface area contributed by atoms with Gasteiger partial charge in [-0.15, -0.1) is 0 Å². The molecule has 3 aromatic carbocycles. The number of aromatic amines is 1. The van der Waals surface area contributed by atoms with E-state index in [0.717, 1.165) is 29.1 Å². The van der Waals surface area contributed by atoms with E-state index in [9.17, 15) is 0 Å². The zero-order chi connectivity index (χ0) is 20.9. The number of hydrogen-bond donors (Lipinski definition) is 2. The first kappa shape index (κ1) is 20.0. The summed E-state index contributed by atoms with van der Waals surface area (Å²) < 4.78 is 11.4. The number of nitrogens with two attached hydrogens (primary N) is 1. The zero-order valence-electron chi connectivity index (χ0n) is 17.8. The molecule has 1 aromatic heterocycles. The fraction of sp³-hybridized carbons (Fsp3) is 0.231. The van der Waals surface area contributed by atoms with Gasteiger partial charge in [-0.05, 0) is 24.6 Å². The highest BCUT2D eigenvalue weighted by molar-refractivity contribution is 5.84. The highest BCUT2D eigenvalue weighted by Crippen LogP contribution is 2.39. The SMILES string of the molecule is COc1cccc([C@H](C[NH2+][C@H](C)c2ccccc2)c2c[nH]c3ccccc23)c1OC. The first-order valence-electron chi connectivity index (χ1n) is 10.4. The second kappa shape index (κ2) is 9.06. The van der Waals surface area contributed by atoms with Crippen molar-refractivity contribution in [2.24, 2.45) is 0 Å². The van der Waals surface area contributed by atoms with Crippen LogP contribution in [0.25, 0.3) is 10.9 Å². The van der Waals surface area contributed by atoms with Gasteiger partial charge in [-0.2, -0.15) is 0 Å². The minimum Gasteiger partial charge on any atom is -0.493 e. The molecule has 0 bridgehead atoms. The molecule has 30 heavy (non-hydrogen) atoms. The summed E-state index contributed by atoms with van der Waals surface area (Å²) in [6.45, 7) is 3.14. The van der Waals surface area contributed by atoms with Crippen LogP contribution in [0.5, 0.6) is 11.5 Å². The highest BCUT2D eigenvalue weighted by Gasteiger charge is 2.26. The highest BCUT2D eigenvalue weighted by atomic mass is 16.5. The predicted octanol–water partition coefficient (Wildman–Crippen LogP) is 4.64. The molecule has 0 unspecified atom stereocenters. The molecule has 1 heterocycles. The molecule has 0 aliphatic carbocycles. The molecule has 0 spiro atoms. The number of rotatable bonds is 8. The number of hydrogen-bond acceptors (Lipinski definition) is 2. The minimum absolute atomic E-state index is 0.150. The normalized spacial score (nSPS) is 13.2. The van der Waals surface area contributed by atoms with Crippen molar-refractivity contribution < 1.29 is 14.8 Å². The van der Waals surface area contributed by atoms with Gasteiger partial charge in [0.05, 0.1) is 26.7 Å². The topological polar surface area (TPSA) is 50.9 Å². The lowest BCUT2D eigenvalue weighted by molar-refractivity contribution is -0.693. The second-order valence-corrected chi connectivity index (χ2v) is 7.60. The Labute approximate surface area is 177 Å². The van der Waals surface area contributed by atoms with Gasteiger partial charge in [0.1, 0.15) is 6.04 Å². The molecule has 0 aliphatic rings. The Hall–Kier alpha value is -3.24. The van der Waals surface area contributed by atoms with Crippen molar-refractivity contribution in [1.29, 1.82) is 0 Å². The number of methoxy groups -OCH3 is 2. The molecule has 3 N–H and O–H groups in total. The second-order valence-electron chi connectivity index (χ2n) is 7.60. The van der Waals surface area contributed by atoms with Crippen molar-refractivity contribution in [2.75, 3.05) is 20.8 Å². The number of ether oxygens (including phenoxy) is 2. The predicted molar refractivity (Wildman–Crippen MR) is 121 cm³/mol. The van der Waals surface area contributed by atoms with Gasteiger partial charge in [-0.25, -0.2) is 0 Å². The van der Waals surface area contributed by atoms with Crippen molar-refractivity contribution in [3.05, 3.63) is 95.7 Å². The van der Waals surface area contributed by atoms with Crippen molar-refractivity contribution in [3.8, 4) is 11.5 Å². The van der Waals surface area contributed by atoms with E-state index in [1.165, 1.54) is 16.5 Å². The van der Waals surface area contributed by atoms with Crippen molar-refractivity contribution in [1.82, 2.24) is 4.98 Å². The molecule has 2 atom stereocenters. The average molecular weight is 402 g/mol. The Morgan fingerprint density at radius 1 is 0.833 bits per heavy atom. The van der Waals surface area contributed by atoms with Gasteiger partial charge >= 0.3 is 0 Å². The Balaban J connectivity index is 1.74. The number of fused-ring (bicyclic) bond motifs is 1. The summed E-state index contributed by atoms with van der Waals surface area (Å²) in [5.74, 6) is 1.71. The average Bonchev–Trinajstić information content (AvgIpc) is 3.23. The Kier molecular flexibility index (Phi) is 6.05. The van der Waals surface area contributed by atoms with Crippen LogP contribution >= 0.6 is 0 Å². The summed E-state index contributed by atoms with van der Waals surface area (Å²) in [5.41, 5.74) is 4.88. The molecule has 0 saturated carbocycles. The Morgan fingerprint density at radius 3 is 2.37 bits per heavy atom. The molecule has 4 heteroatoms. The lowest BCUT2D eigenvalue weighted by atomic mass is 9.89. The molecule has 4 rings (SSSR count). The fourth-order valence-corrected chi connectivity index (χ4v) is 4.22. The maximum atomic E-state index is 5.80. The van der Waals surface area contributed by atoms with E-state index >= 15 is 0 Å². The Bertz CT molecular complexity index is 1100. The maximum absolute atomic E-state index is 5.80. The molecular weight excluding hydrogens is 372 g/mol. The zero-order valence-corrected chi connectivity index (χ0v) is 17.8. The Morgan fingerprint density at radius 2 is 1.60 bits per heavy atom. The molecule has 0 amide bonds. The summed E-state index contributed by atoms with van der Waals surface area (Å²) in [7, 11) is 3.40. The summed E-state index contributed by atoms with van der Waals surface area (Å²) >= 11 is 0. The van der Waals surface area contributed by atoms with E-state index in [1.807, 2.05) is 12.1 Å². The van der Waals surface area contributed by atoms with Crippen molar-refractivity contribution in [3.63, 3.8) is 0 Å². The molecule has 0 aliphatic heterocycles. The van der Waals surface area contributed by atoms with E-state index in [2.05, 4.69) is 84.1 Å². The van der Waals surface area contributed by atoms with Crippen LogP contribution in [-0.4, -0.2) is 25.7 Å². The van der Waals surface area contributed by atoms with Crippen LogP contribution in [0.1, 0.15) is 35.6 Å². The van der Waals surface area contributed by atoms with Crippen LogP contribution in [0.4, 0.5) is 0 Å². The first-order chi connectivity index (χ1) is 14.7. The number of aromatic nitrogens is 1. The van der Waals surface area contributed by atoms with E-state index in [0.29, 0.717) is 6.04 Å².